The van der Waals surface area contributed by atoms with Gasteiger partial charge in [-0.05, 0) is 25.7 Å². The SMILES string of the molecule is C=C(Br)CNC1CCC(O)CC1. The molecule has 2 N–H and O–H groups in total. The Morgan fingerprint density at radius 2 is 2.00 bits per heavy atom. The van der Waals surface area contributed by atoms with Crippen molar-refractivity contribution in [1.82, 2.24) is 5.32 Å². The van der Waals surface area contributed by atoms with Crippen molar-refractivity contribution in [2.45, 2.75) is 37.8 Å². The van der Waals surface area contributed by atoms with E-state index in [0.717, 1.165) is 36.7 Å². The summed E-state index contributed by atoms with van der Waals surface area (Å²) < 4.78 is 0.994. The molecular weight excluding hydrogens is 218 g/mol. The van der Waals surface area contributed by atoms with Crippen molar-refractivity contribution in [2.24, 2.45) is 0 Å². The van der Waals surface area contributed by atoms with Gasteiger partial charge in [0.2, 0.25) is 0 Å². The quantitative estimate of drug-likeness (QED) is 0.780. The van der Waals surface area contributed by atoms with Gasteiger partial charge in [-0.15, -0.1) is 0 Å². The van der Waals surface area contributed by atoms with Gasteiger partial charge in [0, 0.05) is 17.1 Å². The van der Waals surface area contributed by atoms with E-state index < -0.39 is 0 Å². The summed E-state index contributed by atoms with van der Waals surface area (Å²) in [7, 11) is 0. The van der Waals surface area contributed by atoms with E-state index in [2.05, 4.69) is 27.8 Å². The Hall–Kier alpha value is 0.140. The minimum Gasteiger partial charge on any atom is -0.393 e. The average molecular weight is 234 g/mol. The average Bonchev–Trinajstić information content (AvgIpc) is 2.03. The molecule has 2 nitrogen and oxygen atoms in total. The number of nitrogens with one attached hydrogen (secondary N) is 1. The molecule has 0 radical (unpaired) electrons. The van der Waals surface area contributed by atoms with Gasteiger partial charge in [-0.3, -0.25) is 0 Å². The highest BCUT2D eigenvalue weighted by atomic mass is 79.9. The third kappa shape index (κ3) is 3.70. The van der Waals surface area contributed by atoms with Crippen molar-refractivity contribution in [3.05, 3.63) is 11.1 Å². The van der Waals surface area contributed by atoms with Gasteiger partial charge in [0.25, 0.3) is 0 Å². The highest BCUT2D eigenvalue weighted by molar-refractivity contribution is 9.11. The molecule has 0 bridgehead atoms. The molecule has 0 aliphatic heterocycles. The van der Waals surface area contributed by atoms with Crippen molar-refractivity contribution in [2.75, 3.05) is 6.54 Å². The molecule has 1 saturated carbocycles. The summed E-state index contributed by atoms with van der Waals surface area (Å²) >= 11 is 3.31. The van der Waals surface area contributed by atoms with Crippen LogP contribution in [0, 0.1) is 0 Å². The molecule has 0 aromatic heterocycles. The molecule has 0 atom stereocenters. The van der Waals surface area contributed by atoms with Crippen LogP contribution in [0.15, 0.2) is 11.1 Å². The normalized spacial score (nSPS) is 30.2. The lowest BCUT2D eigenvalue weighted by atomic mass is 9.93. The van der Waals surface area contributed by atoms with Crippen LogP contribution < -0.4 is 5.32 Å². The maximum atomic E-state index is 9.25. The molecule has 0 aromatic carbocycles. The monoisotopic (exact) mass is 233 g/mol. The molecule has 1 rings (SSSR count). The van der Waals surface area contributed by atoms with Crippen LogP contribution in [0.5, 0.6) is 0 Å². The Balaban J connectivity index is 2.13. The van der Waals surface area contributed by atoms with E-state index in [1.807, 2.05) is 0 Å². The molecule has 0 heterocycles. The largest absolute Gasteiger partial charge is 0.393 e. The van der Waals surface area contributed by atoms with Crippen molar-refractivity contribution < 1.29 is 5.11 Å². The zero-order valence-electron chi connectivity index (χ0n) is 7.22. The van der Waals surface area contributed by atoms with Gasteiger partial charge < -0.3 is 10.4 Å². The highest BCUT2D eigenvalue weighted by Gasteiger charge is 2.18. The third-order valence-corrected chi connectivity index (χ3v) is 2.56. The molecule has 0 spiro atoms. The summed E-state index contributed by atoms with van der Waals surface area (Å²) in [6, 6.07) is 0.572. The van der Waals surface area contributed by atoms with Gasteiger partial charge in [0.1, 0.15) is 0 Å². The van der Waals surface area contributed by atoms with Crippen LogP contribution in [0.2, 0.25) is 0 Å². The number of rotatable bonds is 3. The Kier molecular flexibility index (Phi) is 4.26. The summed E-state index contributed by atoms with van der Waals surface area (Å²) in [4.78, 5) is 0. The first-order valence-corrected chi connectivity index (χ1v) is 5.22. The summed E-state index contributed by atoms with van der Waals surface area (Å²) in [6.45, 7) is 4.59. The minimum atomic E-state index is -0.0600. The molecular formula is C9H16BrNO. The second-order valence-electron chi connectivity index (χ2n) is 3.40. The van der Waals surface area contributed by atoms with Crippen LogP contribution in [0.3, 0.4) is 0 Å². The smallest absolute Gasteiger partial charge is 0.0541 e. The lowest BCUT2D eigenvalue weighted by Gasteiger charge is -2.26. The van der Waals surface area contributed by atoms with Crippen LogP contribution in [0.25, 0.3) is 0 Å². The van der Waals surface area contributed by atoms with E-state index in [1.165, 1.54) is 0 Å². The summed E-state index contributed by atoms with van der Waals surface area (Å²) in [5.74, 6) is 0. The molecule has 0 amide bonds. The van der Waals surface area contributed by atoms with E-state index in [-0.39, 0.29) is 6.10 Å². The first kappa shape index (κ1) is 10.2. The van der Waals surface area contributed by atoms with Gasteiger partial charge in [-0.1, -0.05) is 22.5 Å². The zero-order chi connectivity index (χ0) is 8.97. The molecule has 3 heteroatoms. The van der Waals surface area contributed by atoms with Crippen LogP contribution in [0.4, 0.5) is 0 Å². The Labute approximate surface area is 82.2 Å². The Morgan fingerprint density at radius 3 is 2.50 bits per heavy atom. The third-order valence-electron chi connectivity index (χ3n) is 2.28. The van der Waals surface area contributed by atoms with E-state index in [1.54, 1.807) is 0 Å². The van der Waals surface area contributed by atoms with Crippen molar-refractivity contribution in [1.29, 1.82) is 0 Å². The molecule has 1 aliphatic rings. The number of aliphatic hydroxyl groups is 1. The van der Waals surface area contributed by atoms with Gasteiger partial charge in [-0.25, -0.2) is 0 Å². The summed E-state index contributed by atoms with van der Waals surface area (Å²) in [6.07, 6.45) is 3.98. The summed E-state index contributed by atoms with van der Waals surface area (Å²) in [5, 5.41) is 12.6. The van der Waals surface area contributed by atoms with Crippen molar-refractivity contribution in [3.8, 4) is 0 Å². The molecule has 0 aromatic rings. The van der Waals surface area contributed by atoms with Gasteiger partial charge in [-0.2, -0.15) is 0 Å². The first-order valence-electron chi connectivity index (χ1n) is 4.43. The van der Waals surface area contributed by atoms with Gasteiger partial charge in [0.05, 0.1) is 6.10 Å². The van der Waals surface area contributed by atoms with E-state index >= 15 is 0 Å². The lowest BCUT2D eigenvalue weighted by Crippen LogP contribution is -2.35. The molecule has 0 saturated heterocycles. The fourth-order valence-corrected chi connectivity index (χ4v) is 1.70. The number of hydrogen-bond donors (Lipinski definition) is 2. The lowest BCUT2D eigenvalue weighted by molar-refractivity contribution is 0.117. The van der Waals surface area contributed by atoms with Crippen LogP contribution in [0.1, 0.15) is 25.7 Å². The maximum Gasteiger partial charge on any atom is 0.0541 e. The standard InChI is InChI=1S/C9H16BrNO/c1-7(10)6-11-8-2-4-9(12)5-3-8/h8-9,11-12H,1-6H2. The van der Waals surface area contributed by atoms with E-state index in [0.29, 0.717) is 6.04 Å². The van der Waals surface area contributed by atoms with Crippen LogP contribution >= 0.6 is 15.9 Å². The fourth-order valence-electron chi connectivity index (χ4n) is 1.54. The molecule has 12 heavy (non-hydrogen) atoms. The van der Waals surface area contributed by atoms with Crippen molar-refractivity contribution >= 4 is 15.9 Å². The number of aliphatic hydroxyl groups excluding tert-OH is 1. The second-order valence-corrected chi connectivity index (χ2v) is 4.53. The Morgan fingerprint density at radius 1 is 1.42 bits per heavy atom. The predicted octanol–water partition coefficient (Wildman–Crippen LogP) is 1.79. The fraction of sp³-hybridized carbons (Fsp3) is 0.778. The predicted molar refractivity (Wildman–Crippen MR) is 54.3 cm³/mol. The van der Waals surface area contributed by atoms with E-state index in [4.69, 9.17) is 0 Å². The molecule has 1 fully saturated rings. The second kappa shape index (κ2) is 5.00. The number of hydrogen-bond acceptors (Lipinski definition) is 2. The topological polar surface area (TPSA) is 32.3 Å². The van der Waals surface area contributed by atoms with Gasteiger partial charge in [0.15, 0.2) is 0 Å². The highest BCUT2D eigenvalue weighted by Crippen LogP contribution is 2.18. The van der Waals surface area contributed by atoms with Gasteiger partial charge >= 0.3 is 0 Å². The van der Waals surface area contributed by atoms with E-state index in [9.17, 15) is 5.11 Å². The van der Waals surface area contributed by atoms with Crippen LogP contribution in [-0.2, 0) is 0 Å². The minimum absolute atomic E-state index is 0.0600. The van der Waals surface area contributed by atoms with Crippen molar-refractivity contribution in [3.63, 3.8) is 0 Å². The zero-order valence-corrected chi connectivity index (χ0v) is 8.81. The maximum absolute atomic E-state index is 9.25. The number of halogens is 1. The summed E-state index contributed by atoms with van der Waals surface area (Å²) in [5.41, 5.74) is 0. The molecule has 70 valence electrons. The molecule has 1 aliphatic carbocycles. The Bertz CT molecular complexity index is 153. The first-order chi connectivity index (χ1) is 5.68. The molecule has 0 unspecified atom stereocenters. The van der Waals surface area contributed by atoms with Crippen LogP contribution in [-0.4, -0.2) is 23.8 Å².